The van der Waals surface area contributed by atoms with Crippen LogP contribution < -0.4 is 5.32 Å². The third-order valence-electron chi connectivity index (χ3n) is 7.21. The molecule has 4 rings (SSSR count). The molecule has 1 spiro atoms. The Morgan fingerprint density at radius 2 is 1.77 bits per heavy atom. The van der Waals surface area contributed by atoms with Crippen molar-refractivity contribution in [3.8, 4) is 0 Å². The monoisotopic (exact) mass is 424 g/mol. The summed E-state index contributed by atoms with van der Waals surface area (Å²) in [4.78, 5) is 27.6. The Labute approximate surface area is 182 Å². The van der Waals surface area contributed by atoms with Gasteiger partial charge in [-0.15, -0.1) is 0 Å². The van der Waals surface area contributed by atoms with E-state index in [4.69, 9.17) is 4.74 Å². The van der Waals surface area contributed by atoms with Crippen LogP contribution >= 0.6 is 0 Å². The van der Waals surface area contributed by atoms with Crippen LogP contribution in [0.2, 0.25) is 0 Å². The van der Waals surface area contributed by atoms with E-state index in [9.17, 15) is 14.0 Å². The van der Waals surface area contributed by atoms with Crippen LogP contribution in [0.3, 0.4) is 0 Å². The van der Waals surface area contributed by atoms with Gasteiger partial charge in [0, 0.05) is 39.1 Å². The van der Waals surface area contributed by atoms with Crippen LogP contribution in [0.4, 0.5) is 4.39 Å². The molecular formula is C25H29FN2O3. The van der Waals surface area contributed by atoms with Gasteiger partial charge in [-0.05, 0) is 48.4 Å². The molecule has 0 aromatic heterocycles. The lowest BCUT2D eigenvalue weighted by Gasteiger charge is -2.50. The van der Waals surface area contributed by atoms with Gasteiger partial charge in [0.15, 0.2) is 5.60 Å². The Bertz CT molecular complexity index is 939. The number of rotatable bonds is 4. The van der Waals surface area contributed by atoms with Crippen molar-refractivity contribution in [3.05, 3.63) is 71.5 Å². The van der Waals surface area contributed by atoms with E-state index >= 15 is 0 Å². The van der Waals surface area contributed by atoms with Gasteiger partial charge in [-0.1, -0.05) is 42.5 Å². The van der Waals surface area contributed by atoms with Crippen molar-refractivity contribution in [3.63, 3.8) is 0 Å². The lowest BCUT2D eigenvalue weighted by Crippen LogP contribution is -2.55. The number of hydrogen-bond donors (Lipinski definition) is 1. The zero-order valence-corrected chi connectivity index (χ0v) is 18.1. The number of ether oxygens (including phenoxy) is 1. The topological polar surface area (TPSA) is 58.6 Å². The number of nitrogens with one attached hydrogen (secondary N) is 1. The lowest BCUT2D eigenvalue weighted by molar-refractivity contribution is -0.157. The molecule has 2 aromatic carbocycles. The number of likely N-dealkylation sites (tertiary alicyclic amines) is 1. The summed E-state index contributed by atoms with van der Waals surface area (Å²) in [6.45, 7) is 3.48. The van der Waals surface area contributed by atoms with Crippen molar-refractivity contribution in [1.29, 1.82) is 0 Å². The molecule has 5 nitrogen and oxygen atoms in total. The third-order valence-corrected chi connectivity index (χ3v) is 7.21. The minimum absolute atomic E-state index is 0.0455. The molecule has 164 valence electrons. The quantitative estimate of drug-likeness (QED) is 0.816. The van der Waals surface area contributed by atoms with E-state index in [1.54, 1.807) is 7.11 Å². The first kappa shape index (κ1) is 21.5. The molecule has 2 atom stereocenters. The molecule has 0 bridgehead atoms. The molecule has 2 amide bonds. The number of piperidine rings is 2. The van der Waals surface area contributed by atoms with Crippen LogP contribution in [0.5, 0.6) is 0 Å². The Kier molecular flexibility index (Phi) is 5.84. The van der Waals surface area contributed by atoms with Gasteiger partial charge in [0.2, 0.25) is 5.91 Å². The van der Waals surface area contributed by atoms with Crippen LogP contribution in [-0.4, -0.2) is 43.5 Å². The van der Waals surface area contributed by atoms with Crippen LogP contribution in [0, 0.1) is 11.2 Å². The van der Waals surface area contributed by atoms with Crippen LogP contribution in [0.1, 0.15) is 43.2 Å². The zero-order valence-electron chi connectivity index (χ0n) is 18.1. The molecule has 1 N–H and O–H groups in total. The molecule has 0 radical (unpaired) electrons. The van der Waals surface area contributed by atoms with E-state index < -0.39 is 5.60 Å². The lowest BCUT2D eigenvalue weighted by atomic mass is 9.62. The molecule has 6 heteroatoms. The predicted octanol–water partition coefficient (Wildman–Crippen LogP) is 3.60. The molecule has 0 unspecified atom stereocenters. The second-order valence-electron chi connectivity index (χ2n) is 8.84. The molecular weight excluding hydrogens is 395 g/mol. The number of halogens is 1. The van der Waals surface area contributed by atoms with E-state index in [0.29, 0.717) is 26.1 Å². The van der Waals surface area contributed by atoms with Crippen molar-refractivity contribution in [1.82, 2.24) is 10.2 Å². The van der Waals surface area contributed by atoms with E-state index in [-0.39, 0.29) is 29.0 Å². The summed E-state index contributed by atoms with van der Waals surface area (Å²) in [6.07, 6.45) is 1.88. The van der Waals surface area contributed by atoms with Crippen molar-refractivity contribution < 1.29 is 18.7 Å². The number of hydrogen-bond acceptors (Lipinski definition) is 3. The van der Waals surface area contributed by atoms with Gasteiger partial charge >= 0.3 is 0 Å². The number of methoxy groups -OCH3 is 1. The minimum atomic E-state index is -1.05. The predicted molar refractivity (Wildman–Crippen MR) is 116 cm³/mol. The summed E-state index contributed by atoms with van der Waals surface area (Å²) in [7, 11) is 1.56. The fourth-order valence-corrected chi connectivity index (χ4v) is 5.17. The Balaban J connectivity index is 1.54. The highest BCUT2D eigenvalue weighted by atomic mass is 19.1. The standard InChI is InChI=1S/C25H29FN2O3/c1-24(31-2,19-6-4-3-5-7-19)23(30)28-14-12-25(13-15-28)16-22(29)27-17-21(25)18-8-10-20(26)11-9-18/h3-11,21H,12-17H2,1-2H3,(H,27,29)/t21-,24-/m0/s1. The number of benzene rings is 2. The van der Waals surface area contributed by atoms with Gasteiger partial charge in [-0.25, -0.2) is 4.39 Å². The van der Waals surface area contributed by atoms with Gasteiger partial charge in [-0.2, -0.15) is 0 Å². The first-order chi connectivity index (χ1) is 14.9. The van der Waals surface area contributed by atoms with E-state index in [2.05, 4.69) is 5.32 Å². The van der Waals surface area contributed by atoms with E-state index in [0.717, 1.165) is 24.0 Å². The summed E-state index contributed by atoms with van der Waals surface area (Å²) in [5, 5.41) is 2.97. The highest BCUT2D eigenvalue weighted by molar-refractivity contribution is 5.86. The zero-order chi connectivity index (χ0) is 22.1. The second kappa shape index (κ2) is 8.42. The first-order valence-electron chi connectivity index (χ1n) is 10.8. The molecule has 0 saturated carbocycles. The van der Waals surface area contributed by atoms with Crippen LogP contribution in [0.25, 0.3) is 0 Å². The summed E-state index contributed by atoms with van der Waals surface area (Å²) in [5.41, 5.74) is 0.579. The molecule has 0 aliphatic carbocycles. The third kappa shape index (κ3) is 3.97. The first-order valence-corrected chi connectivity index (χ1v) is 10.8. The van der Waals surface area contributed by atoms with E-state index in [1.807, 2.05) is 54.3 Å². The molecule has 2 aliphatic heterocycles. The summed E-state index contributed by atoms with van der Waals surface area (Å²) < 4.78 is 19.2. The second-order valence-corrected chi connectivity index (χ2v) is 8.84. The normalized spacial score (nSPS) is 22.6. The van der Waals surface area contributed by atoms with Crippen molar-refractivity contribution in [2.75, 3.05) is 26.7 Å². The largest absolute Gasteiger partial charge is 0.364 e. The molecule has 2 aliphatic rings. The smallest absolute Gasteiger partial charge is 0.259 e. The molecule has 31 heavy (non-hydrogen) atoms. The maximum Gasteiger partial charge on any atom is 0.259 e. The summed E-state index contributed by atoms with van der Waals surface area (Å²) >= 11 is 0. The highest BCUT2D eigenvalue weighted by Crippen LogP contribution is 2.49. The highest BCUT2D eigenvalue weighted by Gasteiger charge is 2.48. The summed E-state index contributed by atoms with van der Waals surface area (Å²) in [6, 6.07) is 16.1. The maximum atomic E-state index is 13.5. The van der Waals surface area contributed by atoms with Crippen molar-refractivity contribution >= 4 is 11.8 Å². The number of carbonyl (C=O) groups excluding carboxylic acids is 2. The average molecular weight is 425 g/mol. The number of carbonyl (C=O) groups is 2. The SMILES string of the molecule is CO[C@](C)(C(=O)N1CCC2(CC1)CC(=O)NC[C@H]2c1ccc(F)cc1)c1ccccc1. The van der Waals surface area contributed by atoms with Gasteiger partial charge in [0.05, 0.1) is 0 Å². The number of nitrogens with zero attached hydrogens (tertiary/aromatic N) is 1. The maximum absolute atomic E-state index is 13.5. The van der Waals surface area contributed by atoms with Crippen LogP contribution in [0.15, 0.2) is 54.6 Å². The Morgan fingerprint density at radius 3 is 2.39 bits per heavy atom. The van der Waals surface area contributed by atoms with Gasteiger partial charge in [-0.3, -0.25) is 9.59 Å². The fourth-order valence-electron chi connectivity index (χ4n) is 5.17. The molecule has 2 aromatic rings. The van der Waals surface area contributed by atoms with Crippen molar-refractivity contribution in [2.24, 2.45) is 5.41 Å². The fraction of sp³-hybridized carbons (Fsp3) is 0.440. The van der Waals surface area contributed by atoms with Crippen molar-refractivity contribution in [2.45, 2.75) is 37.7 Å². The number of amides is 2. The summed E-state index contributed by atoms with van der Waals surface area (Å²) in [5.74, 6) is -0.178. The molecule has 2 fully saturated rings. The van der Waals surface area contributed by atoms with Gasteiger partial charge in [0.1, 0.15) is 5.82 Å². The van der Waals surface area contributed by atoms with Gasteiger partial charge < -0.3 is 15.0 Å². The Hall–Kier alpha value is -2.73. The average Bonchev–Trinajstić information content (AvgIpc) is 2.80. The van der Waals surface area contributed by atoms with E-state index in [1.165, 1.54) is 12.1 Å². The minimum Gasteiger partial charge on any atom is -0.364 e. The molecule has 2 saturated heterocycles. The Morgan fingerprint density at radius 1 is 1.13 bits per heavy atom. The van der Waals surface area contributed by atoms with Gasteiger partial charge in [0.25, 0.3) is 5.91 Å². The van der Waals surface area contributed by atoms with Crippen LogP contribution in [-0.2, 0) is 19.9 Å². The molecule has 2 heterocycles.